The first kappa shape index (κ1) is 17.4. The van der Waals surface area contributed by atoms with Gasteiger partial charge in [-0.25, -0.2) is 4.39 Å². The third-order valence-corrected chi connectivity index (χ3v) is 3.29. The van der Waals surface area contributed by atoms with Gasteiger partial charge in [0.15, 0.2) is 18.2 Å². The minimum absolute atomic E-state index is 0.0329. The third-order valence-electron chi connectivity index (χ3n) is 2.80. The van der Waals surface area contributed by atoms with Crippen molar-refractivity contribution in [1.82, 2.24) is 5.32 Å². The number of carbonyl (C=O) groups is 2. The molecular weight excluding hydrogens is 345 g/mol. The molecule has 5 nitrogen and oxygen atoms in total. The lowest BCUT2D eigenvalue weighted by Gasteiger charge is -2.20. The largest absolute Gasteiger partial charge is 0.481 e. The maximum atomic E-state index is 13.5. The molecule has 0 aromatic heterocycles. The molecule has 2 N–H and O–H groups in total. The monoisotopic (exact) mass is 361 g/mol. The summed E-state index contributed by atoms with van der Waals surface area (Å²) in [5, 5.41) is 11.4. The third kappa shape index (κ3) is 6.12. The fourth-order valence-corrected chi connectivity index (χ4v) is 1.96. The van der Waals surface area contributed by atoms with Crippen molar-refractivity contribution in [2.75, 3.05) is 6.61 Å². The molecule has 7 heteroatoms. The lowest BCUT2D eigenvalue weighted by Crippen LogP contribution is -2.42. The zero-order chi connectivity index (χ0) is 16.0. The molecule has 0 saturated heterocycles. The Kier molecular flexibility index (Phi) is 6.61. The topological polar surface area (TPSA) is 75.6 Å². The van der Waals surface area contributed by atoms with Crippen molar-refractivity contribution < 1.29 is 23.8 Å². The van der Waals surface area contributed by atoms with Crippen LogP contribution in [0.15, 0.2) is 22.7 Å². The van der Waals surface area contributed by atoms with Crippen LogP contribution in [0.2, 0.25) is 0 Å². The summed E-state index contributed by atoms with van der Waals surface area (Å²) < 4.78 is 19.2. The Labute approximate surface area is 130 Å². The number of rotatable bonds is 7. The van der Waals surface area contributed by atoms with Gasteiger partial charge in [0.2, 0.25) is 0 Å². The van der Waals surface area contributed by atoms with Crippen molar-refractivity contribution in [3.8, 4) is 5.75 Å². The average molecular weight is 362 g/mol. The molecule has 1 rings (SSSR count). The normalized spacial score (nSPS) is 12.0. The molecule has 0 spiro atoms. The van der Waals surface area contributed by atoms with Crippen LogP contribution in [0.5, 0.6) is 5.75 Å². The molecule has 0 aliphatic rings. The van der Waals surface area contributed by atoms with Crippen molar-refractivity contribution in [2.45, 2.75) is 26.3 Å². The van der Waals surface area contributed by atoms with Gasteiger partial charge in [0, 0.05) is 10.5 Å². The lowest BCUT2D eigenvalue weighted by atomic mass is 10.0. The zero-order valence-corrected chi connectivity index (χ0v) is 13.3. The van der Waals surface area contributed by atoms with Gasteiger partial charge in [-0.3, -0.25) is 9.59 Å². The number of carboxylic acid groups (broad SMARTS) is 1. The minimum Gasteiger partial charge on any atom is -0.481 e. The number of aliphatic carboxylic acids is 1. The highest BCUT2D eigenvalue weighted by molar-refractivity contribution is 9.10. The number of carbonyl (C=O) groups excluding carboxylic acids is 1. The summed E-state index contributed by atoms with van der Waals surface area (Å²) in [6.07, 6.45) is -0.171. The second-order valence-corrected chi connectivity index (χ2v) is 5.79. The number of carboxylic acids is 1. The molecule has 1 aromatic carbocycles. The van der Waals surface area contributed by atoms with Crippen molar-refractivity contribution in [1.29, 1.82) is 0 Å². The van der Waals surface area contributed by atoms with Crippen molar-refractivity contribution in [3.63, 3.8) is 0 Å². The SMILES string of the molecule is CC(C)C(CC(=O)O)NC(=O)COc1ccc(Br)cc1F. The number of halogens is 2. The molecule has 0 saturated carbocycles. The highest BCUT2D eigenvalue weighted by atomic mass is 79.9. The molecule has 0 aliphatic carbocycles. The van der Waals surface area contributed by atoms with Crippen LogP contribution in [0.3, 0.4) is 0 Å². The molecule has 0 radical (unpaired) electrons. The predicted molar refractivity (Wildman–Crippen MR) is 78.6 cm³/mol. The average Bonchev–Trinajstić information content (AvgIpc) is 2.36. The van der Waals surface area contributed by atoms with E-state index in [0.29, 0.717) is 4.47 Å². The van der Waals surface area contributed by atoms with E-state index in [1.807, 2.05) is 13.8 Å². The Balaban J connectivity index is 2.54. The molecule has 1 atom stereocenters. The van der Waals surface area contributed by atoms with Crippen LogP contribution in [0, 0.1) is 11.7 Å². The predicted octanol–water partition coefficient (Wildman–Crippen LogP) is 2.58. The fraction of sp³-hybridized carbons (Fsp3) is 0.429. The van der Waals surface area contributed by atoms with Crippen LogP contribution >= 0.6 is 15.9 Å². The highest BCUT2D eigenvalue weighted by Crippen LogP contribution is 2.21. The second kappa shape index (κ2) is 7.97. The number of ether oxygens (including phenoxy) is 1. The van der Waals surface area contributed by atoms with Crippen LogP contribution in [0.25, 0.3) is 0 Å². The second-order valence-electron chi connectivity index (χ2n) is 4.88. The molecule has 1 unspecified atom stereocenters. The molecule has 0 fully saturated rings. The van der Waals surface area contributed by atoms with E-state index >= 15 is 0 Å². The first-order valence-electron chi connectivity index (χ1n) is 6.38. The summed E-state index contributed by atoms with van der Waals surface area (Å²) in [7, 11) is 0. The molecule has 1 amide bonds. The van der Waals surface area contributed by atoms with E-state index in [0.717, 1.165) is 0 Å². The summed E-state index contributed by atoms with van der Waals surface area (Å²) >= 11 is 3.12. The van der Waals surface area contributed by atoms with E-state index in [2.05, 4.69) is 21.2 Å². The van der Waals surface area contributed by atoms with Gasteiger partial charge in [-0.1, -0.05) is 29.8 Å². The summed E-state index contributed by atoms with van der Waals surface area (Å²) in [5.74, 6) is -2.13. The smallest absolute Gasteiger partial charge is 0.305 e. The van der Waals surface area contributed by atoms with Crippen molar-refractivity contribution in [3.05, 3.63) is 28.5 Å². The van der Waals surface area contributed by atoms with Gasteiger partial charge < -0.3 is 15.2 Å². The van der Waals surface area contributed by atoms with Crippen LogP contribution in [0.4, 0.5) is 4.39 Å². The molecular formula is C14H17BrFNO4. The lowest BCUT2D eigenvalue weighted by molar-refractivity contribution is -0.138. The Hall–Kier alpha value is -1.63. The summed E-state index contributed by atoms with van der Waals surface area (Å²) in [6.45, 7) is 3.24. The van der Waals surface area contributed by atoms with E-state index in [1.54, 1.807) is 6.07 Å². The number of hydrogen-bond acceptors (Lipinski definition) is 3. The maximum absolute atomic E-state index is 13.5. The Morgan fingerprint density at radius 1 is 1.43 bits per heavy atom. The van der Waals surface area contributed by atoms with E-state index in [9.17, 15) is 14.0 Å². The molecule has 0 bridgehead atoms. The van der Waals surface area contributed by atoms with E-state index in [4.69, 9.17) is 9.84 Å². The van der Waals surface area contributed by atoms with Gasteiger partial charge in [0.25, 0.3) is 5.91 Å². The first-order valence-corrected chi connectivity index (χ1v) is 7.18. The Bertz CT molecular complexity index is 522. The van der Waals surface area contributed by atoms with Crippen molar-refractivity contribution in [2.24, 2.45) is 5.92 Å². The number of amides is 1. The zero-order valence-electron chi connectivity index (χ0n) is 11.7. The van der Waals surface area contributed by atoms with Crippen LogP contribution < -0.4 is 10.1 Å². The van der Waals surface area contributed by atoms with Gasteiger partial charge in [-0.05, 0) is 24.1 Å². The minimum atomic E-state index is -0.992. The highest BCUT2D eigenvalue weighted by Gasteiger charge is 2.19. The van der Waals surface area contributed by atoms with Crippen LogP contribution in [0.1, 0.15) is 20.3 Å². The van der Waals surface area contributed by atoms with E-state index in [1.165, 1.54) is 12.1 Å². The maximum Gasteiger partial charge on any atom is 0.305 e. The quantitative estimate of drug-likeness (QED) is 0.782. The fourth-order valence-electron chi connectivity index (χ4n) is 1.63. The standard InChI is InChI=1S/C14H17BrFNO4/c1-8(2)11(6-14(19)20)17-13(18)7-21-12-4-3-9(15)5-10(12)16/h3-5,8,11H,6-7H2,1-2H3,(H,17,18)(H,19,20). The van der Waals surface area contributed by atoms with Crippen LogP contribution in [-0.4, -0.2) is 29.6 Å². The number of benzene rings is 1. The molecule has 1 aromatic rings. The first-order chi connectivity index (χ1) is 9.79. The molecule has 21 heavy (non-hydrogen) atoms. The van der Waals surface area contributed by atoms with Gasteiger partial charge >= 0.3 is 5.97 Å². The molecule has 0 heterocycles. The van der Waals surface area contributed by atoms with E-state index < -0.39 is 23.7 Å². The van der Waals surface area contributed by atoms with Gasteiger partial charge in [-0.2, -0.15) is 0 Å². The van der Waals surface area contributed by atoms with Crippen LogP contribution in [-0.2, 0) is 9.59 Å². The Morgan fingerprint density at radius 3 is 2.62 bits per heavy atom. The van der Waals surface area contributed by atoms with Crippen molar-refractivity contribution >= 4 is 27.8 Å². The summed E-state index contributed by atoms with van der Waals surface area (Å²) in [6, 6.07) is 3.74. The Morgan fingerprint density at radius 2 is 2.10 bits per heavy atom. The number of hydrogen-bond donors (Lipinski definition) is 2. The number of nitrogens with one attached hydrogen (secondary N) is 1. The summed E-state index contributed by atoms with van der Waals surface area (Å²) in [5.41, 5.74) is 0. The summed E-state index contributed by atoms with van der Waals surface area (Å²) in [4.78, 5) is 22.4. The van der Waals surface area contributed by atoms with Gasteiger partial charge in [0.05, 0.1) is 6.42 Å². The molecule has 116 valence electrons. The van der Waals surface area contributed by atoms with Gasteiger partial charge in [-0.15, -0.1) is 0 Å². The molecule has 0 aliphatic heterocycles. The van der Waals surface area contributed by atoms with E-state index in [-0.39, 0.29) is 24.7 Å². The van der Waals surface area contributed by atoms with Gasteiger partial charge in [0.1, 0.15) is 0 Å².